The molecule has 6 heteroatoms. The molecule has 0 aromatic heterocycles. The first-order chi connectivity index (χ1) is 9.54. The number of piperidine rings is 1. The van der Waals surface area contributed by atoms with Crippen molar-refractivity contribution in [2.45, 2.75) is 32.2 Å². The van der Waals surface area contributed by atoms with Crippen LogP contribution in [0.25, 0.3) is 0 Å². The molecule has 0 unspecified atom stereocenters. The number of carbonyl (C=O) groups is 2. The third-order valence-corrected chi connectivity index (χ3v) is 3.71. The van der Waals surface area contributed by atoms with Gasteiger partial charge >= 0.3 is 5.97 Å². The van der Waals surface area contributed by atoms with E-state index in [1.54, 1.807) is 14.0 Å². The number of nitrogens with zero attached hydrogens (tertiary/aromatic N) is 2. The zero-order valence-electron chi connectivity index (χ0n) is 12.9. The average molecular weight is 285 g/mol. The van der Waals surface area contributed by atoms with Crippen LogP contribution in [0.2, 0.25) is 0 Å². The smallest absolute Gasteiger partial charge is 0.325 e. The number of rotatable bonds is 7. The summed E-state index contributed by atoms with van der Waals surface area (Å²) in [4.78, 5) is 26.9. The van der Waals surface area contributed by atoms with Gasteiger partial charge in [0, 0.05) is 26.1 Å². The number of ether oxygens (including phenoxy) is 1. The summed E-state index contributed by atoms with van der Waals surface area (Å²) >= 11 is 0. The first kappa shape index (κ1) is 16.9. The van der Waals surface area contributed by atoms with Crippen molar-refractivity contribution in [3.63, 3.8) is 0 Å². The van der Waals surface area contributed by atoms with Gasteiger partial charge in [-0.05, 0) is 39.9 Å². The van der Waals surface area contributed by atoms with Crippen LogP contribution in [-0.4, -0.2) is 74.6 Å². The highest BCUT2D eigenvalue weighted by Crippen LogP contribution is 2.10. The van der Waals surface area contributed by atoms with Gasteiger partial charge in [-0.1, -0.05) is 0 Å². The maximum Gasteiger partial charge on any atom is 0.325 e. The van der Waals surface area contributed by atoms with E-state index in [4.69, 9.17) is 4.74 Å². The minimum absolute atomic E-state index is 0.0150. The Morgan fingerprint density at radius 1 is 1.25 bits per heavy atom. The highest BCUT2D eigenvalue weighted by Gasteiger charge is 2.19. The normalized spacial score (nSPS) is 16.2. The molecule has 20 heavy (non-hydrogen) atoms. The van der Waals surface area contributed by atoms with Crippen LogP contribution in [0.4, 0.5) is 0 Å². The van der Waals surface area contributed by atoms with Gasteiger partial charge in [0.25, 0.3) is 0 Å². The van der Waals surface area contributed by atoms with Crippen LogP contribution in [0, 0.1) is 0 Å². The van der Waals surface area contributed by atoms with E-state index in [9.17, 15) is 9.59 Å². The largest absolute Gasteiger partial charge is 0.465 e. The number of amides is 1. The molecule has 0 aliphatic carbocycles. The van der Waals surface area contributed by atoms with Gasteiger partial charge in [0.1, 0.15) is 6.54 Å². The van der Waals surface area contributed by atoms with Gasteiger partial charge in [0.2, 0.25) is 5.91 Å². The van der Waals surface area contributed by atoms with Gasteiger partial charge < -0.3 is 19.9 Å². The summed E-state index contributed by atoms with van der Waals surface area (Å²) in [6.45, 7) is 4.96. The Morgan fingerprint density at radius 2 is 1.90 bits per heavy atom. The van der Waals surface area contributed by atoms with Gasteiger partial charge in [-0.25, -0.2) is 0 Å². The van der Waals surface area contributed by atoms with E-state index in [0.29, 0.717) is 19.1 Å². The Hall–Kier alpha value is -1.14. The summed E-state index contributed by atoms with van der Waals surface area (Å²) in [6, 6.07) is 0.555. The lowest BCUT2D eigenvalue weighted by atomic mass is 10.1. The minimum Gasteiger partial charge on any atom is -0.465 e. The van der Waals surface area contributed by atoms with Gasteiger partial charge in [-0.15, -0.1) is 0 Å². The van der Waals surface area contributed by atoms with Gasteiger partial charge in [-0.3, -0.25) is 9.59 Å². The van der Waals surface area contributed by atoms with Gasteiger partial charge in [0.15, 0.2) is 0 Å². The van der Waals surface area contributed by atoms with Crippen LogP contribution in [0.3, 0.4) is 0 Å². The number of hydrogen-bond acceptors (Lipinski definition) is 5. The zero-order chi connectivity index (χ0) is 15.0. The molecule has 1 aliphatic rings. The number of nitrogens with one attached hydrogen (secondary N) is 1. The lowest BCUT2D eigenvalue weighted by Crippen LogP contribution is -2.42. The molecule has 6 nitrogen and oxygen atoms in total. The lowest BCUT2D eigenvalue weighted by molar-refractivity contribution is -0.148. The molecule has 116 valence electrons. The second-order valence-corrected chi connectivity index (χ2v) is 5.27. The maximum absolute atomic E-state index is 11.9. The van der Waals surface area contributed by atoms with Gasteiger partial charge in [-0.2, -0.15) is 0 Å². The number of hydrogen-bond donors (Lipinski definition) is 1. The van der Waals surface area contributed by atoms with E-state index in [2.05, 4.69) is 17.3 Å². The summed E-state index contributed by atoms with van der Waals surface area (Å²) in [5, 5.41) is 3.33. The van der Waals surface area contributed by atoms with Crippen LogP contribution in [0.1, 0.15) is 26.2 Å². The summed E-state index contributed by atoms with van der Waals surface area (Å²) in [5.41, 5.74) is 0. The molecule has 0 aromatic carbocycles. The fourth-order valence-electron chi connectivity index (χ4n) is 2.38. The molecule has 1 fully saturated rings. The first-order valence-corrected chi connectivity index (χ1v) is 7.35. The minimum atomic E-state index is -0.352. The molecule has 1 saturated heterocycles. The average Bonchev–Trinajstić information content (AvgIpc) is 2.45. The van der Waals surface area contributed by atoms with Crippen LogP contribution in [0.5, 0.6) is 0 Å². The predicted octanol–water partition coefficient (Wildman–Crippen LogP) is 0.0818. The second-order valence-electron chi connectivity index (χ2n) is 5.27. The molecular formula is C14H27N3O3. The van der Waals surface area contributed by atoms with E-state index < -0.39 is 0 Å². The topological polar surface area (TPSA) is 61.9 Å². The molecule has 1 N–H and O–H groups in total. The molecule has 0 atom stereocenters. The SMILES string of the molecule is CCOC(=O)CN(C)C(=O)CCN(C)C1CCNCC1. The molecule has 0 aromatic rings. The highest BCUT2D eigenvalue weighted by atomic mass is 16.5. The quantitative estimate of drug-likeness (QED) is 0.671. The van der Waals surface area contributed by atoms with Crippen molar-refractivity contribution < 1.29 is 14.3 Å². The standard InChI is InChI=1S/C14H27N3O3/c1-4-20-14(19)11-17(3)13(18)7-10-16(2)12-5-8-15-9-6-12/h12,15H,4-11H2,1-3H3. The van der Waals surface area contributed by atoms with E-state index in [1.165, 1.54) is 4.90 Å². The van der Waals surface area contributed by atoms with Crippen molar-refractivity contribution >= 4 is 11.9 Å². The van der Waals surface area contributed by atoms with Crippen molar-refractivity contribution in [1.29, 1.82) is 0 Å². The molecule has 0 spiro atoms. The Bertz CT molecular complexity index is 317. The van der Waals surface area contributed by atoms with Crippen molar-refractivity contribution in [3.8, 4) is 0 Å². The molecule has 0 radical (unpaired) electrons. The van der Waals surface area contributed by atoms with Crippen molar-refractivity contribution in [3.05, 3.63) is 0 Å². The molecule has 1 aliphatic heterocycles. The van der Waals surface area contributed by atoms with Crippen LogP contribution >= 0.6 is 0 Å². The van der Waals surface area contributed by atoms with Crippen molar-refractivity contribution in [1.82, 2.24) is 15.1 Å². The Kier molecular flexibility index (Phi) is 7.54. The first-order valence-electron chi connectivity index (χ1n) is 7.35. The fraction of sp³-hybridized carbons (Fsp3) is 0.857. The van der Waals surface area contributed by atoms with Crippen molar-refractivity contribution in [2.75, 3.05) is 46.9 Å². The molecule has 1 heterocycles. The van der Waals surface area contributed by atoms with Crippen molar-refractivity contribution in [2.24, 2.45) is 0 Å². The van der Waals surface area contributed by atoms with E-state index in [-0.39, 0.29) is 18.4 Å². The van der Waals surface area contributed by atoms with E-state index in [0.717, 1.165) is 32.5 Å². The fourth-order valence-corrected chi connectivity index (χ4v) is 2.38. The second kappa shape index (κ2) is 8.92. The zero-order valence-corrected chi connectivity index (χ0v) is 12.9. The number of esters is 1. The molecule has 1 amide bonds. The predicted molar refractivity (Wildman–Crippen MR) is 77.4 cm³/mol. The molecule has 1 rings (SSSR count). The van der Waals surface area contributed by atoms with E-state index >= 15 is 0 Å². The Morgan fingerprint density at radius 3 is 2.50 bits per heavy atom. The van der Waals surface area contributed by atoms with Crippen LogP contribution in [-0.2, 0) is 14.3 Å². The summed E-state index contributed by atoms with van der Waals surface area (Å²) in [6.07, 6.45) is 2.70. The Balaban J connectivity index is 2.25. The van der Waals surface area contributed by atoms with Crippen LogP contribution < -0.4 is 5.32 Å². The monoisotopic (exact) mass is 285 g/mol. The molecule has 0 bridgehead atoms. The third kappa shape index (κ3) is 5.88. The number of likely N-dealkylation sites (N-methyl/N-ethyl adjacent to an activating group) is 1. The lowest BCUT2D eigenvalue weighted by Gasteiger charge is -2.31. The number of carbonyl (C=O) groups excluding carboxylic acids is 2. The maximum atomic E-state index is 11.9. The van der Waals surface area contributed by atoms with Gasteiger partial charge in [0.05, 0.1) is 6.61 Å². The molecule has 0 saturated carbocycles. The Labute approximate surface area is 121 Å². The highest BCUT2D eigenvalue weighted by molar-refractivity contribution is 5.81. The van der Waals surface area contributed by atoms with E-state index in [1.807, 2.05) is 0 Å². The van der Waals surface area contributed by atoms with Crippen LogP contribution in [0.15, 0.2) is 0 Å². The molecular weight excluding hydrogens is 258 g/mol. The third-order valence-electron chi connectivity index (χ3n) is 3.71. The summed E-state index contributed by atoms with van der Waals surface area (Å²) in [5.74, 6) is -0.367. The summed E-state index contributed by atoms with van der Waals surface area (Å²) < 4.78 is 4.83. The summed E-state index contributed by atoms with van der Waals surface area (Å²) in [7, 11) is 3.71.